The SMILES string of the molecule is Cc1ccc(S(=O)(=O)N2CCN(CC(=O)N(C)Cc3ccc(Br)o3)CC2)cc1. The van der Waals surface area contributed by atoms with Gasteiger partial charge in [-0.3, -0.25) is 9.69 Å². The number of benzene rings is 1. The second-order valence-electron chi connectivity index (χ2n) is 6.95. The van der Waals surface area contributed by atoms with Gasteiger partial charge < -0.3 is 9.32 Å². The summed E-state index contributed by atoms with van der Waals surface area (Å²) in [7, 11) is -1.76. The maximum Gasteiger partial charge on any atom is 0.243 e. The number of piperazine rings is 1. The number of furan rings is 1. The van der Waals surface area contributed by atoms with Gasteiger partial charge >= 0.3 is 0 Å². The Labute approximate surface area is 174 Å². The molecule has 1 fully saturated rings. The van der Waals surface area contributed by atoms with Crippen molar-refractivity contribution in [1.29, 1.82) is 0 Å². The molecule has 2 aromatic rings. The van der Waals surface area contributed by atoms with E-state index in [0.29, 0.717) is 48.0 Å². The number of halogens is 1. The number of carbonyl (C=O) groups excluding carboxylic acids is 1. The lowest BCUT2D eigenvalue weighted by atomic mass is 10.2. The van der Waals surface area contributed by atoms with Crippen molar-refractivity contribution in [2.24, 2.45) is 0 Å². The van der Waals surface area contributed by atoms with Crippen LogP contribution in [0, 0.1) is 6.92 Å². The summed E-state index contributed by atoms with van der Waals surface area (Å²) in [6, 6.07) is 10.5. The number of carbonyl (C=O) groups is 1. The lowest BCUT2D eigenvalue weighted by Gasteiger charge is -2.34. The second-order valence-corrected chi connectivity index (χ2v) is 9.67. The van der Waals surface area contributed by atoms with Crippen LogP contribution >= 0.6 is 15.9 Å². The van der Waals surface area contributed by atoms with E-state index in [2.05, 4.69) is 15.9 Å². The van der Waals surface area contributed by atoms with E-state index in [-0.39, 0.29) is 12.5 Å². The highest BCUT2D eigenvalue weighted by Gasteiger charge is 2.29. The van der Waals surface area contributed by atoms with Gasteiger partial charge in [-0.2, -0.15) is 4.31 Å². The van der Waals surface area contributed by atoms with Gasteiger partial charge in [-0.15, -0.1) is 0 Å². The monoisotopic (exact) mass is 469 g/mol. The predicted octanol–water partition coefficient (Wildman–Crippen LogP) is 2.32. The molecule has 0 radical (unpaired) electrons. The lowest BCUT2D eigenvalue weighted by Crippen LogP contribution is -2.51. The minimum atomic E-state index is -3.49. The summed E-state index contributed by atoms with van der Waals surface area (Å²) in [4.78, 5) is 16.4. The van der Waals surface area contributed by atoms with Crippen molar-refractivity contribution < 1.29 is 17.6 Å². The molecule has 1 aliphatic rings. The van der Waals surface area contributed by atoms with Crippen molar-refractivity contribution in [3.63, 3.8) is 0 Å². The molecule has 1 aromatic carbocycles. The van der Waals surface area contributed by atoms with E-state index < -0.39 is 10.0 Å². The molecule has 7 nitrogen and oxygen atoms in total. The first-order valence-electron chi connectivity index (χ1n) is 9.03. The molecule has 0 saturated carbocycles. The fraction of sp³-hybridized carbons (Fsp3) is 0.421. The van der Waals surface area contributed by atoms with Gasteiger partial charge in [0, 0.05) is 33.2 Å². The number of aryl methyl sites for hydroxylation is 1. The van der Waals surface area contributed by atoms with Crippen LogP contribution in [0.15, 0.2) is 50.4 Å². The molecule has 0 aliphatic carbocycles. The van der Waals surface area contributed by atoms with Gasteiger partial charge in [0.25, 0.3) is 0 Å². The first-order chi connectivity index (χ1) is 13.3. The molecular formula is C19H24BrN3O4S. The van der Waals surface area contributed by atoms with Gasteiger partial charge in [-0.25, -0.2) is 8.42 Å². The fourth-order valence-corrected chi connectivity index (χ4v) is 4.82. The van der Waals surface area contributed by atoms with Crippen LogP contribution in [0.1, 0.15) is 11.3 Å². The van der Waals surface area contributed by atoms with E-state index >= 15 is 0 Å². The fourth-order valence-electron chi connectivity index (χ4n) is 3.06. The minimum Gasteiger partial charge on any atom is -0.452 e. The van der Waals surface area contributed by atoms with Crippen LogP contribution in [0.4, 0.5) is 0 Å². The topological polar surface area (TPSA) is 74.1 Å². The number of hydrogen-bond donors (Lipinski definition) is 0. The zero-order valence-corrected chi connectivity index (χ0v) is 18.4. The standard InChI is InChI=1S/C19H24BrN3O4S/c1-15-3-6-17(7-4-15)28(25,26)23-11-9-22(10-12-23)14-19(24)21(2)13-16-5-8-18(20)27-16/h3-8H,9-14H2,1-2H3. The normalized spacial score (nSPS) is 16.2. The van der Waals surface area contributed by atoms with E-state index in [4.69, 9.17) is 4.42 Å². The summed E-state index contributed by atoms with van der Waals surface area (Å²) < 4.78 is 33.1. The van der Waals surface area contributed by atoms with Crippen molar-refractivity contribution in [3.8, 4) is 0 Å². The van der Waals surface area contributed by atoms with Crippen molar-refractivity contribution in [3.05, 3.63) is 52.4 Å². The highest BCUT2D eigenvalue weighted by molar-refractivity contribution is 9.10. The van der Waals surface area contributed by atoms with Crippen LogP contribution in [0.3, 0.4) is 0 Å². The Kier molecular flexibility index (Phi) is 6.59. The number of nitrogens with zero attached hydrogens (tertiary/aromatic N) is 3. The highest BCUT2D eigenvalue weighted by atomic mass is 79.9. The van der Waals surface area contributed by atoms with E-state index in [1.807, 2.05) is 17.9 Å². The van der Waals surface area contributed by atoms with Crippen LogP contribution in [-0.2, 0) is 21.4 Å². The molecule has 28 heavy (non-hydrogen) atoms. The summed E-state index contributed by atoms with van der Waals surface area (Å²) in [5, 5.41) is 0. The molecule has 0 spiro atoms. The van der Waals surface area contributed by atoms with Gasteiger partial charge in [-0.1, -0.05) is 17.7 Å². The van der Waals surface area contributed by atoms with Gasteiger partial charge in [0.1, 0.15) is 5.76 Å². The maximum atomic E-state index is 12.8. The average Bonchev–Trinajstić information content (AvgIpc) is 3.07. The van der Waals surface area contributed by atoms with Gasteiger partial charge in [-0.05, 0) is 47.1 Å². The molecule has 1 saturated heterocycles. The van der Waals surface area contributed by atoms with E-state index in [1.54, 1.807) is 42.3 Å². The molecule has 1 amide bonds. The summed E-state index contributed by atoms with van der Waals surface area (Å²) in [6.45, 7) is 4.38. The third kappa shape index (κ3) is 5.02. The van der Waals surface area contributed by atoms with Crippen LogP contribution in [0.25, 0.3) is 0 Å². The summed E-state index contributed by atoms with van der Waals surface area (Å²) in [5.41, 5.74) is 1.02. The molecule has 0 atom stereocenters. The van der Waals surface area contributed by atoms with E-state index in [0.717, 1.165) is 5.56 Å². The van der Waals surface area contributed by atoms with Crippen molar-refractivity contribution in [2.45, 2.75) is 18.4 Å². The first-order valence-corrected chi connectivity index (χ1v) is 11.3. The van der Waals surface area contributed by atoms with Gasteiger partial charge in [0.05, 0.1) is 18.0 Å². The van der Waals surface area contributed by atoms with Crippen LogP contribution in [0.5, 0.6) is 0 Å². The van der Waals surface area contributed by atoms with Crippen molar-refractivity contribution in [2.75, 3.05) is 39.8 Å². The zero-order valence-electron chi connectivity index (χ0n) is 16.0. The number of amides is 1. The molecule has 9 heteroatoms. The Morgan fingerprint density at radius 1 is 1.11 bits per heavy atom. The molecule has 0 unspecified atom stereocenters. The molecule has 3 rings (SSSR count). The Morgan fingerprint density at radius 3 is 2.32 bits per heavy atom. The third-order valence-corrected chi connectivity index (χ3v) is 7.14. The molecular weight excluding hydrogens is 446 g/mol. The largest absolute Gasteiger partial charge is 0.452 e. The van der Waals surface area contributed by atoms with Crippen LogP contribution in [-0.4, -0.2) is 68.2 Å². The minimum absolute atomic E-state index is 0.0256. The first kappa shape index (κ1) is 21.0. The zero-order chi connectivity index (χ0) is 20.3. The Balaban J connectivity index is 1.52. The Bertz CT molecular complexity index is 919. The van der Waals surface area contributed by atoms with E-state index in [9.17, 15) is 13.2 Å². The quantitative estimate of drug-likeness (QED) is 0.648. The smallest absolute Gasteiger partial charge is 0.243 e. The molecule has 1 aliphatic heterocycles. The summed E-state index contributed by atoms with van der Waals surface area (Å²) in [6.07, 6.45) is 0. The molecule has 2 heterocycles. The van der Waals surface area contributed by atoms with Gasteiger partial charge in [0.2, 0.25) is 15.9 Å². The van der Waals surface area contributed by atoms with Crippen LogP contribution < -0.4 is 0 Å². The maximum absolute atomic E-state index is 12.8. The van der Waals surface area contributed by atoms with E-state index in [1.165, 1.54) is 4.31 Å². The number of rotatable bonds is 6. The number of hydrogen-bond acceptors (Lipinski definition) is 5. The predicted molar refractivity (Wildman–Crippen MR) is 109 cm³/mol. The van der Waals surface area contributed by atoms with Gasteiger partial charge in [0.15, 0.2) is 4.67 Å². The Morgan fingerprint density at radius 2 is 1.75 bits per heavy atom. The number of sulfonamides is 1. The summed E-state index contributed by atoms with van der Waals surface area (Å²) in [5.74, 6) is 0.680. The van der Waals surface area contributed by atoms with Crippen molar-refractivity contribution >= 4 is 31.9 Å². The highest BCUT2D eigenvalue weighted by Crippen LogP contribution is 2.19. The molecule has 152 valence electrons. The van der Waals surface area contributed by atoms with Crippen molar-refractivity contribution in [1.82, 2.24) is 14.1 Å². The lowest BCUT2D eigenvalue weighted by molar-refractivity contribution is -0.132. The average molecular weight is 470 g/mol. The molecule has 1 aromatic heterocycles. The summed E-state index contributed by atoms with van der Waals surface area (Å²) >= 11 is 3.25. The molecule has 0 N–H and O–H groups in total. The Hall–Kier alpha value is -1.68. The number of likely N-dealkylation sites (N-methyl/N-ethyl adjacent to an activating group) is 1. The van der Waals surface area contributed by atoms with Crippen LogP contribution in [0.2, 0.25) is 0 Å². The molecule has 0 bridgehead atoms. The third-order valence-electron chi connectivity index (χ3n) is 4.80. The second kappa shape index (κ2) is 8.77.